The zero-order valence-corrected chi connectivity index (χ0v) is 14.1. The van der Waals surface area contributed by atoms with Gasteiger partial charge in [0.25, 0.3) is 0 Å². The van der Waals surface area contributed by atoms with Crippen LogP contribution in [-0.2, 0) is 4.74 Å². The highest BCUT2D eigenvalue weighted by molar-refractivity contribution is 7.99. The predicted octanol–water partition coefficient (Wildman–Crippen LogP) is 4.27. The summed E-state index contributed by atoms with van der Waals surface area (Å²) in [5.74, 6) is -0.800. The SMILES string of the molecule is O=C(COC(=O)c1cccnc1Sc1ccccc1)c1ccccc1. The number of ketones is 1. The second-order valence-electron chi connectivity index (χ2n) is 5.14. The molecule has 0 fully saturated rings. The van der Waals surface area contributed by atoms with Gasteiger partial charge in [-0.1, -0.05) is 60.3 Å². The van der Waals surface area contributed by atoms with Crippen LogP contribution in [0.25, 0.3) is 0 Å². The Bertz CT molecular complexity index is 866. The molecule has 0 aliphatic heterocycles. The van der Waals surface area contributed by atoms with Gasteiger partial charge in [0.05, 0.1) is 5.56 Å². The zero-order valence-electron chi connectivity index (χ0n) is 13.3. The number of esters is 1. The molecule has 0 amide bonds. The van der Waals surface area contributed by atoms with Crippen LogP contribution in [-0.4, -0.2) is 23.3 Å². The molecule has 0 spiro atoms. The number of rotatable bonds is 6. The van der Waals surface area contributed by atoms with Gasteiger partial charge >= 0.3 is 5.97 Å². The Morgan fingerprint density at radius 3 is 2.28 bits per heavy atom. The van der Waals surface area contributed by atoms with Crippen molar-refractivity contribution in [1.82, 2.24) is 4.98 Å². The number of hydrogen-bond acceptors (Lipinski definition) is 5. The van der Waals surface area contributed by atoms with E-state index in [1.165, 1.54) is 11.8 Å². The van der Waals surface area contributed by atoms with Gasteiger partial charge < -0.3 is 4.74 Å². The van der Waals surface area contributed by atoms with Gasteiger partial charge in [0.15, 0.2) is 12.4 Å². The second kappa shape index (κ2) is 8.26. The Balaban J connectivity index is 1.69. The molecule has 0 atom stereocenters. The molecule has 3 rings (SSSR count). The maximum Gasteiger partial charge on any atom is 0.341 e. The molecule has 0 saturated heterocycles. The maximum absolute atomic E-state index is 12.4. The van der Waals surface area contributed by atoms with Gasteiger partial charge in [-0.2, -0.15) is 0 Å². The molecule has 124 valence electrons. The number of pyridine rings is 1. The number of carbonyl (C=O) groups is 2. The van der Waals surface area contributed by atoms with E-state index in [1.54, 1.807) is 42.6 Å². The zero-order chi connectivity index (χ0) is 17.5. The van der Waals surface area contributed by atoms with E-state index >= 15 is 0 Å². The van der Waals surface area contributed by atoms with E-state index in [4.69, 9.17) is 4.74 Å². The summed E-state index contributed by atoms with van der Waals surface area (Å²) in [5.41, 5.74) is 0.859. The van der Waals surface area contributed by atoms with Crippen LogP contribution in [0.15, 0.2) is 88.9 Å². The lowest BCUT2D eigenvalue weighted by molar-refractivity contribution is 0.0470. The third-order valence-corrected chi connectivity index (χ3v) is 4.41. The number of carbonyl (C=O) groups excluding carboxylic acids is 2. The molecule has 0 bridgehead atoms. The van der Waals surface area contributed by atoms with Crippen molar-refractivity contribution in [3.63, 3.8) is 0 Å². The summed E-state index contributed by atoms with van der Waals surface area (Å²) in [4.78, 5) is 29.6. The van der Waals surface area contributed by atoms with Crippen LogP contribution >= 0.6 is 11.8 Å². The first kappa shape index (κ1) is 16.9. The van der Waals surface area contributed by atoms with Gasteiger partial charge in [-0.25, -0.2) is 9.78 Å². The van der Waals surface area contributed by atoms with Crippen molar-refractivity contribution in [3.8, 4) is 0 Å². The number of benzene rings is 2. The lowest BCUT2D eigenvalue weighted by Gasteiger charge is -2.08. The minimum absolute atomic E-state index is 0.241. The molecule has 2 aromatic carbocycles. The molecule has 3 aromatic rings. The third-order valence-electron chi connectivity index (χ3n) is 3.38. The molecular weight excluding hydrogens is 334 g/mol. The normalized spacial score (nSPS) is 10.2. The van der Waals surface area contributed by atoms with Crippen molar-refractivity contribution in [1.29, 1.82) is 0 Å². The predicted molar refractivity (Wildman–Crippen MR) is 95.9 cm³/mol. The molecule has 0 radical (unpaired) electrons. The fourth-order valence-electron chi connectivity index (χ4n) is 2.14. The standard InChI is InChI=1S/C20H15NO3S/c22-18(15-8-3-1-4-9-15)14-24-20(23)17-12-7-13-21-19(17)25-16-10-5-2-6-11-16/h1-13H,14H2. The van der Waals surface area contributed by atoms with Crippen LogP contribution in [0.1, 0.15) is 20.7 Å². The summed E-state index contributed by atoms with van der Waals surface area (Å²) >= 11 is 1.38. The highest BCUT2D eigenvalue weighted by Gasteiger charge is 2.16. The van der Waals surface area contributed by atoms with Crippen LogP contribution in [0.2, 0.25) is 0 Å². The average molecular weight is 349 g/mol. The van der Waals surface area contributed by atoms with Crippen LogP contribution in [0, 0.1) is 0 Å². The summed E-state index contributed by atoms with van der Waals surface area (Å²) in [6, 6.07) is 21.7. The Morgan fingerprint density at radius 1 is 0.880 bits per heavy atom. The van der Waals surface area contributed by atoms with E-state index < -0.39 is 5.97 Å². The van der Waals surface area contributed by atoms with Crippen molar-refractivity contribution >= 4 is 23.5 Å². The van der Waals surface area contributed by atoms with E-state index in [0.717, 1.165) is 4.90 Å². The number of aromatic nitrogens is 1. The summed E-state index contributed by atoms with van der Waals surface area (Å²) in [7, 11) is 0. The molecule has 25 heavy (non-hydrogen) atoms. The number of ether oxygens (including phenoxy) is 1. The monoisotopic (exact) mass is 349 g/mol. The Labute approximate surface area is 149 Å². The second-order valence-corrected chi connectivity index (χ2v) is 6.20. The van der Waals surface area contributed by atoms with Crippen molar-refractivity contribution < 1.29 is 14.3 Å². The highest BCUT2D eigenvalue weighted by atomic mass is 32.2. The van der Waals surface area contributed by atoms with Gasteiger partial charge in [-0.05, 0) is 24.3 Å². The van der Waals surface area contributed by atoms with Crippen LogP contribution in [0.4, 0.5) is 0 Å². The summed E-state index contributed by atoms with van der Waals surface area (Å²) in [5, 5.41) is 0.547. The van der Waals surface area contributed by atoms with Crippen molar-refractivity contribution in [3.05, 3.63) is 90.1 Å². The molecule has 0 aliphatic carbocycles. The van der Waals surface area contributed by atoms with E-state index in [1.807, 2.05) is 36.4 Å². The molecule has 1 aromatic heterocycles. The summed E-state index contributed by atoms with van der Waals surface area (Å²) < 4.78 is 5.18. The molecular formula is C20H15NO3S. The smallest absolute Gasteiger partial charge is 0.341 e. The van der Waals surface area contributed by atoms with Crippen molar-refractivity contribution in [2.75, 3.05) is 6.61 Å². The van der Waals surface area contributed by atoms with E-state index in [0.29, 0.717) is 16.2 Å². The lowest BCUT2D eigenvalue weighted by Crippen LogP contribution is -2.15. The fourth-order valence-corrected chi connectivity index (χ4v) is 3.04. The Morgan fingerprint density at radius 2 is 1.56 bits per heavy atom. The minimum atomic E-state index is -0.559. The van der Waals surface area contributed by atoms with Crippen LogP contribution < -0.4 is 0 Å². The highest BCUT2D eigenvalue weighted by Crippen LogP contribution is 2.28. The largest absolute Gasteiger partial charge is 0.454 e. The van der Waals surface area contributed by atoms with Crippen molar-refractivity contribution in [2.45, 2.75) is 9.92 Å². The summed E-state index contributed by atoms with van der Waals surface area (Å²) in [6.45, 7) is -0.298. The minimum Gasteiger partial charge on any atom is -0.454 e. The molecule has 4 nitrogen and oxygen atoms in total. The van der Waals surface area contributed by atoms with Crippen molar-refractivity contribution in [2.24, 2.45) is 0 Å². The molecule has 0 N–H and O–H groups in total. The first-order chi connectivity index (χ1) is 12.2. The molecule has 5 heteroatoms. The van der Waals surface area contributed by atoms with Gasteiger partial charge in [0, 0.05) is 16.7 Å². The van der Waals surface area contributed by atoms with Gasteiger partial charge in [0.1, 0.15) is 5.03 Å². The summed E-state index contributed by atoms with van der Waals surface area (Å²) in [6.07, 6.45) is 1.62. The first-order valence-corrected chi connectivity index (χ1v) is 8.49. The molecule has 0 aliphatic rings. The fraction of sp³-hybridized carbons (Fsp3) is 0.0500. The number of hydrogen-bond donors (Lipinski definition) is 0. The third kappa shape index (κ3) is 4.55. The maximum atomic E-state index is 12.4. The lowest BCUT2D eigenvalue weighted by atomic mass is 10.1. The number of Topliss-reactive ketones (excluding diaryl/α,β-unsaturated/α-hetero) is 1. The van der Waals surface area contributed by atoms with Crippen LogP contribution in [0.5, 0.6) is 0 Å². The van der Waals surface area contributed by atoms with E-state index in [2.05, 4.69) is 4.98 Å². The quantitative estimate of drug-likeness (QED) is 0.491. The van der Waals surface area contributed by atoms with E-state index in [-0.39, 0.29) is 12.4 Å². The molecule has 0 unspecified atom stereocenters. The van der Waals surface area contributed by atoms with Gasteiger partial charge in [-0.3, -0.25) is 4.79 Å². The Kier molecular flexibility index (Phi) is 5.59. The van der Waals surface area contributed by atoms with Gasteiger partial charge in [0.2, 0.25) is 0 Å². The molecule has 0 saturated carbocycles. The average Bonchev–Trinajstić information content (AvgIpc) is 2.68. The number of nitrogens with zero attached hydrogens (tertiary/aromatic N) is 1. The van der Waals surface area contributed by atoms with Crippen LogP contribution in [0.3, 0.4) is 0 Å². The topological polar surface area (TPSA) is 56.3 Å². The molecule has 1 heterocycles. The Hall–Kier alpha value is -2.92. The van der Waals surface area contributed by atoms with E-state index in [9.17, 15) is 9.59 Å². The first-order valence-electron chi connectivity index (χ1n) is 7.67. The van der Waals surface area contributed by atoms with Gasteiger partial charge in [-0.15, -0.1) is 0 Å².